The van der Waals surface area contributed by atoms with E-state index in [0.717, 1.165) is 25.7 Å². The summed E-state index contributed by atoms with van der Waals surface area (Å²) in [4.78, 5) is 13.5. The molecule has 4 aromatic rings. The van der Waals surface area contributed by atoms with Gasteiger partial charge in [-0.25, -0.2) is 15.0 Å². The van der Waals surface area contributed by atoms with Crippen molar-refractivity contribution in [3.05, 3.63) is 71.8 Å². The third kappa shape index (κ3) is 4.82. The minimum atomic E-state index is -2.96. The summed E-state index contributed by atoms with van der Waals surface area (Å²) in [5.41, 5.74) is 2.29. The highest BCUT2D eigenvalue weighted by Gasteiger charge is 2.22. The van der Waals surface area contributed by atoms with Gasteiger partial charge in [0, 0.05) is 18.0 Å². The SMILES string of the molecule is N#Cc1ccc(-n2c(C=Cc3cccc(OC(F)F)c3OC3CCCC3)nc3cccnc32)nc1. The van der Waals surface area contributed by atoms with Crippen molar-refractivity contribution in [2.24, 2.45) is 0 Å². The smallest absolute Gasteiger partial charge is 0.387 e. The highest BCUT2D eigenvalue weighted by molar-refractivity contribution is 5.80. The lowest BCUT2D eigenvalue weighted by atomic mass is 10.1. The summed E-state index contributed by atoms with van der Waals surface area (Å²) >= 11 is 0. The third-order valence-corrected chi connectivity index (χ3v) is 5.77. The van der Waals surface area contributed by atoms with Crippen molar-refractivity contribution in [1.29, 1.82) is 5.26 Å². The zero-order valence-electron chi connectivity index (χ0n) is 18.6. The molecule has 35 heavy (non-hydrogen) atoms. The zero-order chi connectivity index (χ0) is 24.2. The predicted molar refractivity (Wildman–Crippen MR) is 126 cm³/mol. The summed E-state index contributed by atoms with van der Waals surface area (Å²) in [6.45, 7) is -2.96. The zero-order valence-corrected chi connectivity index (χ0v) is 18.6. The fourth-order valence-electron chi connectivity index (χ4n) is 4.17. The number of pyridine rings is 2. The normalized spacial score (nSPS) is 14.1. The van der Waals surface area contributed by atoms with Crippen LogP contribution in [0.2, 0.25) is 0 Å². The monoisotopic (exact) mass is 473 g/mol. The lowest BCUT2D eigenvalue weighted by molar-refractivity contribution is -0.0520. The number of alkyl halides is 2. The number of hydrogen-bond acceptors (Lipinski definition) is 6. The maximum atomic E-state index is 13.1. The van der Waals surface area contributed by atoms with E-state index in [2.05, 4.69) is 21.0 Å². The van der Waals surface area contributed by atoms with Crippen molar-refractivity contribution in [2.45, 2.75) is 38.4 Å². The maximum Gasteiger partial charge on any atom is 0.387 e. The van der Waals surface area contributed by atoms with Crippen molar-refractivity contribution < 1.29 is 18.3 Å². The number of aromatic nitrogens is 4. The van der Waals surface area contributed by atoms with Crippen LogP contribution in [0.3, 0.4) is 0 Å². The van der Waals surface area contributed by atoms with Crippen LogP contribution in [0, 0.1) is 11.3 Å². The van der Waals surface area contributed by atoms with Crippen LogP contribution in [-0.4, -0.2) is 32.2 Å². The van der Waals surface area contributed by atoms with E-state index < -0.39 is 6.61 Å². The average molecular weight is 473 g/mol. The molecule has 0 unspecified atom stereocenters. The molecule has 1 aliphatic carbocycles. The molecule has 0 amide bonds. The number of hydrogen-bond donors (Lipinski definition) is 0. The number of ether oxygens (including phenoxy) is 2. The van der Waals surface area contributed by atoms with Gasteiger partial charge in [0.05, 0.1) is 11.7 Å². The van der Waals surface area contributed by atoms with Gasteiger partial charge < -0.3 is 9.47 Å². The number of halogens is 2. The molecular weight excluding hydrogens is 452 g/mol. The Morgan fingerprint density at radius 1 is 1.06 bits per heavy atom. The third-order valence-electron chi connectivity index (χ3n) is 5.77. The first kappa shape index (κ1) is 22.5. The van der Waals surface area contributed by atoms with Crippen LogP contribution in [0.15, 0.2) is 54.9 Å². The van der Waals surface area contributed by atoms with Crippen LogP contribution in [0.4, 0.5) is 8.78 Å². The van der Waals surface area contributed by atoms with Crippen LogP contribution < -0.4 is 9.47 Å². The maximum absolute atomic E-state index is 13.1. The van der Waals surface area contributed by atoms with Crippen LogP contribution in [-0.2, 0) is 0 Å². The van der Waals surface area contributed by atoms with Crippen molar-refractivity contribution >= 4 is 23.3 Å². The van der Waals surface area contributed by atoms with E-state index in [-0.39, 0.29) is 17.6 Å². The molecule has 0 atom stereocenters. The second kappa shape index (κ2) is 9.89. The fourth-order valence-corrected chi connectivity index (χ4v) is 4.17. The Hall–Kier alpha value is -4.32. The molecule has 0 radical (unpaired) electrons. The van der Waals surface area contributed by atoms with Gasteiger partial charge in [0.2, 0.25) is 0 Å². The molecule has 0 spiro atoms. The highest BCUT2D eigenvalue weighted by atomic mass is 19.3. The topological polar surface area (TPSA) is 85.9 Å². The average Bonchev–Trinajstić information content (AvgIpc) is 3.51. The Bertz CT molecular complexity index is 1400. The Kier molecular flexibility index (Phi) is 6.35. The Morgan fingerprint density at radius 2 is 1.91 bits per heavy atom. The van der Waals surface area contributed by atoms with Gasteiger partial charge in [-0.2, -0.15) is 14.0 Å². The minimum absolute atomic E-state index is 0.00187. The number of nitriles is 1. The Labute approximate surface area is 200 Å². The molecule has 7 nitrogen and oxygen atoms in total. The number of nitrogens with zero attached hydrogens (tertiary/aromatic N) is 5. The quantitative estimate of drug-likeness (QED) is 0.338. The Balaban J connectivity index is 1.57. The summed E-state index contributed by atoms with van der Waals surface area (Å²) in [5, 5.41) is 9.10. The van der Waals surface area contributed by atoms with E-state index in [0.29, 0.717) is 33.9 Å². The first-order valence-electron chi connectivity index (χ1n) is 11.2. The number of para-hydroxylation sites is 1. The molecule has 0 bridgehead atoms. The van der Waals surface area contributed by atoms with Gasteiger partial charge >= 0.3 is 6.61 Å². The van der Waals surface area contributed by atoms with Gasteiger partial charge in [-0.05, 0) is 68.2 Å². The van der Waals surface area contributed by atoms with Crippen molar-refractivity contribution in [3.63, 3.8) is 0 Å². The van der Waals surface area contributed by atoms with Gasteiger partial charge in [0.25, 0.3) is 0 Å². The molecule has 1 aromatic carbocycles. The van der Waals surface area contributed by atoms with Crippen LogP contribution in [0.1, 0.15) is 42.6 Å². The number of imidazole rings is 1. The summed E-state index contributed by atoms with van der Waals surface area (Å²) in [5.74, 6) is 1.36. The molecule has 5 rings (SSSR count). The molecule has 0 aliphatic heterocycles. The van der Waals surface area contributed by atoms with Gasteiger partial charge in [-0.15, -0.1) is 0 Å². The summed E-state index contributed by atoms with van der Waals surface area (Å²) in [6.07, 6.45) is 10.4. The lowest BCUT2D eigenvalue weighted by Gasteiger charge is -2.18. The number of fused-ring (bicyclic) bond motifs is 1. The molecule has 3 heterocycles. The number of rotatable bonds is 7. The second-order valence-corrected chi connectivity index (χ2v) is 8.08. The van der Waals surface area contributed by atoms with E-state index in [9.17, 15) is 8.78 Å². The fraction of sp³-hybridized carbons (Fsp3) is 0.231. The van der Waals surface area contributed by atoms with Gasteiger partial charge in [0.15, 0.2) is 17.1 Å². The van der Waals surface area contributed by atoms with Crippen molar-refractivity contribution in [3.8, 4) is 23.4 Å². The second-order valence-electron chi connectivity index (χ2n) is 8.08. The van der Waals surface area contributed by atoms with E-state index in [1.807, 2.05) is 6.07 Å². The standard InChI is InChI=1S/C26H21F2N5O2/c27-26(28)35-21-9-3-5-18(24(21)34-19-6-1-2-7-19)11-13-23-32-20-8-4-14-30-25(20)33(23)22-12-10-17(15-29)16-31-22/h3-5,8-14,16,19,26H,1-2,6-7H2. The van der Waals surface area contributed by atoms with Crippen molar-refractivity contribution in [2.75, 3.05) is 0 Å². The molecule has 1 fully saturated rings. The highest BCUT2D eigenvalue weighted by Crippen LogP contribution is 2.37. The van der Waals surface area contributed by atoms with Crippen LogP contribution in [0.5, 0.6) is 11.5 Å². The lowest BCUT2D eigenvalue weighted by Crippen LogP contribution is -2.13. The summed E-state index contributed by atoms with van der Waals surface area (Å²) in [6, 6.07) is 14.0. The Morgan fingerprint density at radius 3 is 2.66 bits per heavy atom. The molecular formula is C26H21F2N5O2. The van der Waals surface area contributed by atoms with E-state index in [1.165, 1.54) is 12.3 Å². The first-order valence-corrected chi connectivity index (χ1v) is 11.2. The van der Waals surface area contributed by atoms with E-state index >= 15 is 0 Å². The van der Waals surface area contributed by atoms with Crippen LogP contribution in [0.25, 0.3) is 29.1 Å². The van der Waals surface area contributed by atoms with Crippen molar-refractivity contribution in [1.82, 2.24) is 19.5 Å². The molecule has 0 N–H and O–H groups in total. The summed E-state index contributed by atoms with van der Waals surface area (Å²) in [7, 11) is 0. The summed E-state index contributed by atoms with van der Waals surface area (Å²) < 4.78 is 38.8. The molecule has 3 aromatic heterocycles. The molecule has 176 valence electrons. The predicted octanol–water partition coefficient (Wildman–Crippen LogP) is 5.78. The number of benzene rings is 1. The minimum Gasteiger partial charge on any atom is -0.486 e. The first-order chi connectivity index (χ1) is 17.1. The molecule has 0 saturated heterocycles. The van der Waals surface area contributed by atoms with Gasteiger partial charge in [-0.3, -0.25) is 4.57 Å². The van der Waals surface area contributed by atoms with E-state index in [1.54, 1.807) is 53.2 Å². The van der Waals surface area contributed by atoms with Crippen LogP contribution >= 0.6 is 0 Å². The van der Waals surface area contributed by atoms with Gasteiger partial charge in [0.1, 0.15) is 23.2 Å². The van der Waals surface area contributed by atoms with Gasteiger partial charge in [-0.1, -0.05) is 12.1 Å². The molecule has 9 heteroatoms. The largest absolute Gasteiger partial charge is 0.486 e. The van der Waals surface area contributed by atoms with E-state index in [4.69, 9.17) is 14.7 Å². The molecule has 1 saturated carbocycles. The molecule has 1 aliphatic rings.